The molecule has 0 spiro atoms. The number of esters is 1. The number of hydrogen-bond acceptors (Lipinski definition) is 20. The molecule has 598 valence electrons. The number of carbonyl (C=O) groups is 4. The minimum Gasteiger partial charge on any atom is -0.483 e. The van der Waals surface area contributed by atoms with Gasteiger partial charge in [-0.3, -0.25) is 9.69 Å². The topological polar surface area (TPSA) is 369 Å². The van der Waals surface area contributed by atoms with E-state index in [-0.39, 0.29) is 61.4 Å². The van der Waals surface area contributed by atoms with E-state index >= 15 is 0 Å². The van der Waals surface area contributed by atoms with Gasteiger partial charge in [0.1, 0.15) is 19.3 Å². The Hall–Kier alpha value is -7.88. The van der Waals surface area contributed by atoms with Crippen molar-refractivity contribution in [2.24, 2.45) is 11.5 Å². The summed E-state index contributed by atoms with van der Waals surface area (Å²) in [6.07, 6.45) is 24.4. The molecule has 6 atom stereocenters. The predicted molar refractivity (Wildman–Crippen MR) is 436 cm³/mol. The predicted octanol–water partition coefficient (Wildman–Crippen LogP) is 14.7. The molecule has 0 radical (unpaired) electrons. The third kappa shape index (κ3) is 27.2. The van der Waals surface area contributed by atoms with Gasteiger partial charge >= 0.3 is 18.2 Å². The first-order valence-electron chi connectivity index (χ1n) is 38.8. The lowest BCUT2D eigenvalue weighted by atomic mass is 9.82. The molecule has 5 saturated carbocycles. The molecule has 7 aliphatic rings. The Morgan fingerprint density at radius 2 is 0.917 bits per heavy atom. The molecule has 13 rings (SSSR count). The second-order valence-corrected chi connectivity index (χ2v) is 30.0. The van der Waals surface area contributed by atoms with Gasteiger partial charge in [0.15, 0.2) is 0 Å². The highest BCUT2D eigenvalue weighted by Gasteiger charge is 2.36. The Bertz CT molecular complexity index is 3610. The molecule has 6 aromatic carbocycles. The maximum absolute atomic E-state index is 12.3. The number of methoxy groups -OCH3 is 4. The van der Waals surface area contributed by atoms with Crippen LogP contribution in [0.3, 0.4) is 0 Å². The Morgan fingerprint density at radius 3 is 1.26 bits per heavy atom. The lowest BCUT2D eigenvalue weighted by molar-refractivity contribution is -0.145. The van der Waals surface area contributed by atoms with Crippen LogP contribution in [0.2, 0.25) is 0 Å². The number of aliphatic hydroxyl groups is 1. The first-order chi connectivity index (χ1) is 52.7. The summed E-state index contributed by atoms with van der Waals surface area (Å²) in [6, 6.07) is 44.9. The van der Waals surface area contributed by atoms with E-state index in [0.717, 1.165) is 90.9 Å². The number of ether oxygens (including phenoxy) is 7. The van der Waals surface area contributed by atoms with Crippen molar-refractivity contribution >= 4 is 69.0 Å². The number of nitrogens with one attached hydrogen (secondary N) is 3. The lowest BCUT2D eigenvalue weighted by Crippen LogP contribution is -2.43. The summed E-state index contributed by atoms with van der Waals surface area (Å²) in [6.45, 7) is 2.86. The number of hydrogen-bond donors (Lipinski definition) is 11. The van der Waals surface area contributed by atoms with E-state index in [0.29, 0.717) is 96.3 Å². The van der Waals surface area contributed by atoms with Crippen LogP contribution >= 0.6 is 15.9 Å². The zero-order valence-electron chi connectivity index (χ0n) is 65.0. The summed E-state index contributed by atoms with van der Waals surface area (Å²) < 4.78 is 38.1. The molecule has 23 nitrogen and oxygen atoms in total. The quantitative estimate of drug-likeness (QED) is 0.0165. The number of benzene rings is 6. The number of anilines is 5. The van der Waals surface area contributed by atoms with E-state index in [2.05, 4.69) is 117 Å². The highest BCUT2D eigenvalue weighted by molar-refractivity contribution is 9.10. The average molecular weight is 1570 g/mol. The third-order valence-electron chi connectivity index (χ3n) is 22.3. The number of amides is 2. The van der Waals surface area contributed by atoms with Gasteiger partial charge in [0, 0.05) is 45.0 Å². The summed E-state index contributed by atoms with van der Waals surface area (Å²) in [4.78, 5) is 45.3. The zero-order chi connectivity index (χ0) is 78.8. The van der Waals surface area contributed by atoms with Gasteiger partial charge in [-0.25, -0.2) is 14.4 Å². The van der Waals surface area contributed by atoms with Gasteiger partial charge in [0.25, 0.3) is 6.47 Å². The van der Waals surface area contributed by atoms with Gasteiger partial charge in [-0.15, -0.1) is 0 Å². The van der Waals surface area contributed by atoms with Gasteiger partial charge < -0.3 is 93.7 Å². The minimum atomic E-state index is -0.391. The van der Waals surface area contributed by atoms with Crippen molar-refractivity contribution in [2.75, 3.05) is 96.8 Å². The number of cyclic esters (lactones) is 2. The van der Waals surface area contributed by atoms with Crippen molar-refractivity contribution in [3.8, 4) is 0 Å². The third-order valence-corrected chi connectivity index (χ3v) is 22.8. The normalized spacial score (nSPS) is 24.7. The van der Waals surface area contributed by atoms with Gasteiger partial charge in [-0.2, -0.15) is 0 Å². The number of halogens is 1. The van der Waals surface area contributed by atoms with Crippen molar-refractivity contribution in [3.05, 3.63) is 182 Å². The van der Waals surface area contributed by atoms with Gasteiger partial charge in [-0.05, 0) is 241 Å². The number of aliphatic hydroxyl groups excluding tert-OH is 1. The van der Waals surface area contributed by atoms with Gasteiger partial charge in [0.2, 0.25) is 0 Å². The number of nitrogen functional groups attached to an aromatic ring is 4. The van der Waals surface area contributed by atoms with Crippen LogP contribution in [0.4, 0.5) is 38.0 Å². The summed E-state index contributed by atoms with van der Waals surface area (Å²) >= 11 is 3.26. The van der Waals surface area contributed by atoms with Crippen LogP contribution in [-0.2, 0) is 42.7 Å². The van der Waals surface area contributed by atoms with Crippen molar-refractivity contribution in [1.29, 1.82) is 0 Å². The molecule has 17 N–H and O–H groups in total. The maximum atomic E-state index is 12.3. The number of nitrogens with two attached hydrogens (primary N) is 6. The van der Waals surface area contributed by atoms with Crippen LogP contribution in [0.15, 0.2) is 138 Å². The summed E-state index contributed by atoms with van der Waals surface area (Å²) in [5, 5.41) is 25.1. The molecule has 0 aromatic heterocycles. The first kappa shape index (κ1) is 88.3. The van der Waals surface area contributed by atoms with Crippen molar-refractivity contribution < 1.29 is 62.5 Å². The number of carbonyl (C=O) groups excluding carboxylic acids is 3. The summed E-state index contributed by atoms with van der Waals surface area (Å²) in [5.41, 5.74) is 46.6. The summed E-state index contributed by atoms with van der Waals surface area (Å²) in [7, 11) is 10.9. The molecular weight excluding hydrogens is 1450 g/mol. The van der Waals surface area contributed by atoms with Crippen LogP contribution in [0.25, 0.3) is 0 Å². The number of alkyl carbamates (subject to hydrolysis) is 1. The molecule has 6 aromatic rings. The van der Waals surface area contributed by atoms with Gasteiger partial charge in [-0.1, -0.05) is 126 Å². The highest BCUT2D eigenvalue weighted by Crippen LogP contribution is 2.41. The average Bonchev–Trinajstić information content (AvgIpc) is 1.68. The van der Waals surface area contributed by atoms with Crippen LogP contribution in [0.5, 0.6) is 0 Å². The molecule has 24 heteroatoms. The van der Waals surface area contributed by atoms with Crippen LogP contribution in [0.1, 0.15) is 228 Å². The summed E-state index contributed by atoms with van der Waals surface area (Å²) in [5.74, 6) is 2.27. The number of likely N-dealkylation sites (N-methyl/N-ethyl adjacent to an activating group) is 2. The Balaban J connectivity index is 0.000000188. The molecular formula is C85H123BrN10O13. The number of carboxylic acid groups (broad SMARTS) is 1. The van der Waals surface area contributed by atoms with Gasteiger partial charge in [0.05, 0.1) is 84.2 Å². The highest BCUT2D eigenvalue weighted by atomic mass is 79.9. The molecule has 6 unspecified atom stereocenters. The molecule has 5 aliphatic carbocycles. The second-order valence-electron chi connectivity index (χ2n) is 29.1. The van der Waals surface area contributed by atoms with E-state index in [1.807, 2.05) is 39.3 Å². The van der Waals surface area contributed by atoms with E-state index in [1.54, 1.807) is 63.6 Å². The fraction of sp³-hybridized carbons (Fsp3) is 0.529. The Kier molecular flexibility index (Phi) is 37.9. The molecule has 2 amide bonds. The molecule has 2 heterocycles. The van der Waals surface area contributed by atoms with Crippen molar-refractivity contribution in [3.63, 3.8) is 0 Å². The maximum Gasteiger partial charge on any atom is 0.415 e. The molecule has 109 heavy (non-hydrogen) atoms. The standard InChI is InChI=1S/C22H27N3O3.C18H27NO3.C16H21NO3.C16H25NO2.C6H7BrN2.C6H14N2.CH2O2/c1-27-18-9-6-15(7-10-18)14-2-4-16(5-3-14)21-13-28-22(26)25(21)17-8-11-19(23)20(24)12-17;1-4-22-18(20)17(19-2)15-7-5-13(6-8-15)14-9-11-16(21-3)12-10-14;1-19-14-8-6-12(7-9-14)11-2-4-13(5-3-11)15-10-20-16(18)17-15;1-17-16(11-18)14-5-3-12(4-6-14)13-7-9-15(19-2)10-8-13;7-4-1-2-5(8)6(9)3-4;7-5-3-1-2-4-6(5)8;2-1-3/h2-5,8,11-12,15,18,21H,6-7,9-10,13,23-24H2,1H3;5-8,14,16-17,19H,4,9-12H2,1-3H3;2-5,12,14-15H,6-10H2,1H3,(H,17,18);3-6,13,15-18H,7-11H2,1-2H3;1-3H,8-9H2;5-6H,1-4,7-8H2;1H,(H,2,3). The molecule has 0 bridgehead atoms. The van der Waals surface area contributed by atoms with E-state index in [4.69, 9.17) is 77.5 Å². The van der Waals surface area contributed by atoms with Crippen LogP contribution in [-0.4, -0.2) is 140 Å². The molecule has 2 saturated heterocycles. The Morgan fingerprint density at radius 1 is 0.532 bits per heavy atom. The zero-order valence-corrected chi connectivity index (χ0v) is 66.6. The van der Waals surface area contributed by atoms with Crippen molar-refractivity contribution in [2.45, 2.75) is 220 Å². The fourth-order valence-electron chi connectivity index (χ4n) is 15.5. The number of nitrogens with zero attached hydrogens (tertiary/aromatic N) is 1. The van der Waals surface area contributed by atoms with Crippen molar-refractivity contribution in [1.82, 2.24) is 16.0 Å². The molecule has 7 fully saturated rings. The lowest BCUT2D eigenvalue weighted by Gasteiger charge is -2.28. The smallest absolute Gasteiger partial charge is 0.415 e. The van der Waals surface area contributed by atoms with Crippen LogP contribution < -0.4 is 55.3 Å². The SMILES string of the molecule is CCOC(=O)C(NC)c1ccc(C2CCC(OC)CC2)cc1.CNC(CO)c1ccc(C2CCC(OC)CC2)cc1.COC1CCC(c2ccc(C3COC(=O)N3)cc2)CC1.COC1CCC(c2ccc(C3COC(=O)N3c3ccc(N)c(N)c3)cc2)CC1.NC1CCCCC1N.Nc1ccc(Br)cc1N.O=CO. The monoisotopic (exact) mass is 1570 g/mol. The Labute approximate surface area is 654 Å². The molecule has 2 aliphatic heterocycles. The fourth-order valence-corrected chi connectivity index (χ4v) is 15.8. The largest absolute Gasteiger partial charge is 0.483 e. The van der Waals surface area contributed by atoms with E-state index < -0.39 is 6.04 Å². The van der Waals surface area contributed by atoms with E-state index in [9.17, 15) is 19.5 Å². The second kappa shape index (κ2) is 46.7. The van der Waals surface area contributed by atoms with E-state index in [1.165, 1.54) is 86.5 Å². The minimum absolute atomic E-state index is 0.000720. The van der Waals surface area contributed by atoms with Crippen LogP contribution in [0, 0.1) is 0 Å². The number of rotatable bonds is 18. The first-order valence-corrected chi connectivity index (χ1v) is 39.6.